The molecule has 1 aromatic carbocycles. The summed E-state index contributed by atoms with van der Waals surface area (Å²) in [6.45, 7) is 0. The summed E-state index contributed by atoms with van der Waals surface area (Å²) in [7, 11) is 0. The van der Waals surface area contributed by atoms with Gasteiger partial charge in [-0.3, -0.25) is 3.07 Å². The minimum atomic E-state index is -1.04. The normalized spacial score (nSPS) is 18.3. The molecule has 14 heavy (non-hydrogen) atoms. The minimum absolute atomic E-state index is 0.715. The van der Waals surface area contributed by atoms with E-state index in [0.717, 1.165) is 3.57 Å². The minimum Gasteiger partial charge on any atom is -0.265 e. The lowest BCUT2D eigenvalue weighted by Gasteiger charge is -2.21. The van der Waals surface area contributed by atoms with Crippen molar-refractivity contribution in [3.05, 3.63) is 33.4 Å². The van der Waals surface area contributed by atoms with E-state index in [-0.39, 0.29) is 0 Å². The van der Waals surface area contributed by atoms with Crippen molar-refractivity contribution in [2.24, 2.45) is 0 Å². The Labute approximate surface area is 95.6 Å². The molecule has 0 unspecified atom stereocenters. The van der Waals surface area contributed by atoms with Crippen LogP contribution in [0.25, 0.3) is 0 Å². The number of benzene rings is 1. The van der Waals surface area contributed by atoms with Crippen molar-refractivity contribution >= 4 is 21.2 Å². The third-order valence-electron chi connectivity index (χ3n) is 2.95. The monoisotopic (exact) mass is 301 g/mol. The van der Waals surface area contributed by atoms with Crippen molar-refractivity contribution in [1.29, 1.82) is 0 Å². The van der Waals surface area contributed by atoms with Crippen LogP contribution < -0.4 is 0 Å². The summed E-state index contributed by atoms with van der Waals surface area (Å²) in [6.07, 6.45) is 6.70. The third-order valence-corrected chi connectivity index (χ3v) is 4.05. The second-order valence-electron chi connectivity index (χ2n) is 3.88. The van der Waals surface area contributed by atoms with Gasteiger partial charge in [0.15, 0.2) is 21.2 Å². The molecule has 2 rings (SSSR count). The largest absolute Gasteiger partial charge is 0.265 e. The van der Waals surface area contributed by atoms with Crippen molar-refractivity contribution < 1.29 is 3.07 Å². The molecule has 0 spiro atoms. The van der Waals surface area contributed by atoms with E-state index in [1.807, 2.05) is 6.07 Å². The van der Waals surface area contributed by atoms with Crippen LogP contribution in [0.4, 0.5) is 0 Å². The Bertz CT molecular complexity index is 316. The van der Waals surface area contributed by atoms with Gasteiger partial charge in [0.25, 0.3) is 0 Å². The van der Waals surface area contributed by atoms with E-state index in [4.69, 9.17) is 0 Å². The van der Waals surface area contributed by atoms with Gasteiger partial charge in [0, 0.05) is 0 Å². The first kappa shape index (κ1) is 10.3. The molecule has 75 valence electrons. The summed E-state index contributed by atoms with van der Waals surface area (Å²) < 4.78 is 11.8. The lowest BCUT2D eigenvalue weighted by molar-refractivity contribution is 0.443. The Morgan fingerprint density at radius 2 is 2.07 bits per heavy atom. The van der Waals surface area contributed by atoms with Crippen molar-refractivity contribution in [3.63, 3.8) is 0 Å². The average Bonchev–Trinajstić information content (AvgIpc) is 2.30. The Hall–Kier alpha value is -0.250. The second kappa shape index (κ2) is 5.01. The predicted molar refractivity (Wildman–Crippen MR) is 64.5 cm³/mol. The van der Waals surface area contributed by atoms with Gasteiger partial charge in [-0.1, -0.05) is 31.4 Å². The summed E-state index contributed by atoms with van der Waals surface area (Å²) in [5, 5.41) is 0. The Balaban J connectivity index is 2.17. The number of hydrogen-bond donors (Lipinski definition) is 0. The molecule has 0 N–H and O–H groups in total. The second-order valence-corrected chi connectivity index (χ2v) is 5.48. The smallest absolute Gasteiger partial charge is 0.182 e. The highest BCUT2D eigenvalue weighted by atomic mass is 127. The van der Waals surface area contributed by atoms with E-state index in [1.165, 1.54) is 37.7 Å². The van der Waals surface area contributed by atoms with E-state index < -0.39 is 21.2 Å². The van der Waals surface area contributed by atoms with E-state index in [2.05, 4.69) is 18.2 Å². The van der Waals surface area contributed by atoms with Crippen LogP contribution in [0.5, 0.6) is 0 Å². The maximum Gasteiger partial charge on any atom is 0.182 e. The highest BCUT2D eigenvalue weighted by molar-refractivity contribution is 14.1. The van der Waals surface area contributed by atoms with Gasteiger partial charge in [0.1, 0.15) is 0 Å². The fraction of sp³-hybridized carbons (Fsp3) is 0.500. The molecule has 0 aliphatic heterocycles. The van der Waals surface area contributed by atoms with Crippen LogP contribution in [0.2, 0.25) is 0 Å². The summed E-state index contributed by atoms with van der Waals surface area (Å²) >= 11 is -1.04. The van der Waals surface area contributed by atoms with Gasteiger partial charge in [-0.15, -0.1) is 0 Å². The first-order chi connectivity index (χ1) is 6.90. The van der Waals surface area contributed by atoms with Gasteiger partial charge in [0.05, 0.1) is 3.57 Å². The van der Waals surface area contributed by atoms with Gasteiger partial charge < -0.3 is 0 Å². The number of hydrogen-bond acceptors (Lipinski definition) is 1. The molecule has 0 bridgehead atoms. The molecule has 0 aromatic heterocycles. The van der Waals surface area contributed by atoms with Crippen molar-refractivity contribution in [1.82, 2.24) is 0 Å². The van der Waals surface area contributed by atoms with Crippen molar-refractivity contribution in [2.75, 3.05) is 0 Å². The molecule has 0 saturated heterocycles. The molecule has 0 heterocycles. The van der Waals surface area contributed by atoms with Gasteiger partial charge in [-0.2, -0.15) is 0 Å². The van der Waals surface area contributed by atoms with Crippen LogP contribution in [0.15, 0.2) is 18.2 Å². The molecule has 1 radical (unpaired) electrons. The van der Waals surface area contributed by atoms with E-state index in [0.29, 0.717) is 5.92 Å². The lowest BCUT2D eigenvalue weighted by atomic mass is 9.84. The van der Waals surface area contributed by atoms with Gasteiger partial charge in [-0.05, 0) is 36.5 Å². The third kappa shape index (κ3) is 2.41. The zero-order chi connectivity index (χ0) is 9.80. The summed E-state index contributed by atoms with van der Waals surface area (Å²) in [5.41, 5.74) is 1.38. The molecular formula is C12H14IO. The fourth-order valence-corrected chi connectivity index (χ4v) is 2.98. The van der Waals surface area contributed by atoms with Crippen LogP contribution >= 0.6 is 21.2 Å². The summed E-state index contributed by atoms with van der Waals surface area (Å²) in [5.74, 6) is 0.715. The van der Waals surface area contributed by atoms with Crippen LogP contribution in [-0.4, -0.2) is 0 Å². The fourth-order valence-electron chi connectivity index (χ4n) is 2.19. The molecule has 1 nitrogen and oxygen atoms in total. The van der Waals surface area contributed by atoms with Crippen molar-refractivity contribution in [2.45, 2.75) is 38.0 Å². The van der Waals surface area contributed by atoms with Crippen LogP contribution in [0.3, 0.4) is 0 Å². The summed E-state index contributed by atoms with van der Waals surface area (Å²) in [4.78, 5) is 0. The van der Waals surface area contributed by atoms with E-state index in [1.54, 1.807) is 0 Å². The maximum atomic E-state index is 10.8. The molecule has 1 aliphatic rings. The topological polar surface area (TPSA) is 17.1 Å². The van der Waals surface area contributed by atoms with Gasteiger partial charge in [0.2, 0.25) is 0 Å². The summed E-state index contributed by atoms with van der Waals surface area (Å²) in [6, 6.07) is 9.19. The quantitative estimate of drug-likeness (QED) is 0.754. The van der Waals surface area contributed by atoms with Crippen molar-refractivity contribution in [3.8, 4) is 0 Å². The standard InChI is InChI=1S/C12H14IO/c14-13-12-8-4-7-11(9-12)10-5-2-1-3-6-10/h4,7,9-10H,1-3,5-6H2. The van der Waals surface area contributed by atoms with Gasteiger partial charge >= 0.3 is 0 Å². The molecular weight excluding hydrogens is 287 g/mol. The zero-order valence-corrected chi connectivity index (χ0v) is 10.3. The number of rotatable bonds is 2. The molecule has 2 heteroatoms. The van der Waals surface area contributed by atoms with E-state index >= 15 is 0 Å². The molecule has 1 fully saturated rings. The zero-order valence-electron chi connectivity index (χ0n) is 8.13. The first-order valence-electron chi connectivity index (χ1n) is 5.19. The highest BCUT2D eigenvalue weighted by Gasteiger charge is 2.15. The molecule has 1 aliphatic carbocycles. The molecule has 0 amide bonds. The lowest BCUT2D eigenvalue weighted by Crippen LogP contribution is -2.04. The molecule has 0 atom stereocenters. The van der Waals surface area contributed by atoms with Gasteiger partial charge in [-0.25, -0.2) is 0 Å². The average molecular weight is 301 g/mol. The van der Waals surface area contributed by atoms with Crippen LogP contribution in [0, 0.1) is 9.64 Å². The van der Waals surface area contributed by atoms with E-state index in [9.17, 15) is 3.07 Å². The number of halogens is 1. The SMILES string of the molecule is O=Ic1[c]ccc(C2CCCCC2)c1. The Kier molecular flexibility index (Phi) is 3.67. The molecule has 1 aromatic rings. The van der Waals surface area contributed by atoms with Crippen LogP contribution in [0.1, 0.15) is 43.6 Å². The van der Waals surface area contributed by atoms with Crippen LogP contribution in [-0.2, 0) is 3.07 Å². The first-order valence-corrected chi connectivity index (χ1v) is 7.15. The molecule has 1 saturated carbocycles. The maximum absolute atomic E-state index is 10.8. The highest BCUT2D eigenvalue weighted by Crippen LogP contribution is 2.33. The Morgan fingerprint density at radius 3 is 2.79 bits per heavy atom. The predicted octanol–water partition coefficient (Wildman–Crippen LogP) is 4.02. The Morgan fingerprint density at radius 1 is 1.29 bits per heavy atom.